The highest BCUT2D eigenvalue weighted by atomic mass is 19.1. The molecule has 0 radical (unpaired) electrons. The Morgan fingerprint density at radius 2 is 2.20 bits per heavy atom. The Kier molecular flexibility index (Phi) is 5.75. The number of aliphatic imine (C=N–C) groups is 1. The van der Waals surface area contributed by atoms with Gasteiger partial charge in [-0.1, -0.05) is 38.5 Å². The van der Waals surface area contributed by atoms with E-state index in [0.717, 1.165) is 31.4 Å². The second kappa shape index (κ2) is 7.56. The van der Waals surface area contributed by atoms with Crippen molar-refractivity contribution in [1.29, 1.82) is 0 Å². The van der Waals surface area contributed by atoms with E-state index in [2.05, 4.69) is 36.2 Å². The van der Waals surface area contributed by atoms with Crippen LogP contribution in [-0.2, 0) is 0 Å². The smallest absolute Gasteiger partial charge is 0.0999 e. The lowest BCUT2D eigenvalue weighted by atomic mass is 9.97. The summed E-state index contributed by atoms with van der Waals surface area (Å²) in [7, 11) is 0. The number of hydrogen-bond donors (Lipinski definition) is 0. The minimum absolute atomic E-state index is 0.569. The molecule has 0 saturated carbocycles. The predicted molar refractivity (Wildman–Crippen MR) is 84.7 cm³/mol. The number of allylic oxidation sites excluding steroid dienone is 5. The van der Waals surface area contributed by atoms with Crippen LogP contribution in [0.25, 0.3) is 0 Å². The van der Waals surface area contributed by atoms with Crippen molar-refractivity contribution >= 4 is 6.21 Å². The molecule has 0 spiro atoms. The number of halogens is 1. The molecule has 2 aliphatic rings. The minimum Gasteiger partial charge on any atom is -0.261 e. The van der Waals surface area contributed by atoms with Crippen molar-refractivity contribution in [2.45, 2.75) is 58.5 Å². The third-order valence-corrected chi connectivity index (χ3v) is 4.15. The lowest BCUT2D eigenvalue weighted by Gasteiger charge is -2.11. The van der Waals surface area contributed by atoms with Crippen LogP contribution in [0.5, 0.6) is 0 Å². The first-order chi connectivity index (χ1) is 9.70. The first-order valence-electron chi connectivity index (χ1n) is 7.98. The first kappa shape index (κ1) is 15.2. The standard InChI is InChI=1S/C18H26FN/c1-3-16(19)11-10-14(2)7-4-5-12-20-18-9-6-8-15-13-17(15)18/h6,8-9,12-16H,3-5,7,10-11H2,1-2H3/t14?,15?,16-/m1/s1. The molecule has 0 aromatic carbocycles. The molecule has 3 atom stereocenters. The Bertz CT molecular complexity index is 431. The second-order valence-electron chi connectivity index (χ2n) is 6.02. The molecule has 0 aliphatic heterocycles. The summed E-state index contributed by atoms with van der Waals surface area (Å²) in [6.07, 6.45) is 15.8. The average Bonchev–Trinajstić information content (AvgIpc) is 3.24. The van der Waals surface area contributed by atoms with Crippen molar-refractivity contribution in [2.75, 3.05) is 0 Å². The Balaban J connectivity index is 1.56. The molecule has 2 aliphatic carbocycles. The molecule has 0 amide bonds. The van der Waals surface area contributed by atoms with Gasteiger partial charge in [0.05, 0.1) is 11.9 Å². The van der Waals surface area contributed by atoms with Crippen molar-refractivity contribution in [3.8, 4) is 0 Å². The van der Waals surface area contributed by atoms with E-state index in [1.165, 1.54) is 12.0 Å². The third kappa shape index (κ3) is 4.73. The Hall–Kier alpha value is -1.18. The lowest BCUT2D eigenvalue weighted by molar-refractivity contribution is 0.279. The van der Waals surface area contributed by atoms with E-state index in [1.54, 1.807) is 0 Å². The predicted octanol–water partition coefficient (Wildman–Crippen LogP) is 5.40. The number of fused-ring (bicyclic) bond motifs is 1. The zero-order chi connectivity index (χ0) is 14.4. The maximum atomic E-state index is 13.1. The van der Waals surface area contributed by atoms with Gasteiger partial charge in [0, 0.05) is 12.1 Å². The quantitative estimate of drug-likeness (QED) is 0.394. The van der Waals surface area contributed by atoms with Crippen molar-refractivity contribution in [1.82, 2.24) is 0 Å². The van der Waals surface area contributed by atoms with Crippen LogP contribution >= 0.6 is 0 Å². The summed E-state index contributed by atoms with van der Waals surface area (Å²) in [6.45, 7) is 4.15. The van der Waals surface area contributed by atoms with E-state index in [9.17, 15) is 4.39 Å². The zero-order valence-electron chi connectivity index (χ0n) is 12.7. The fourth-order valence-corrected chi connectivity index (χ4v) is 2.58. The summed E-state index contributed by atoms with van der Waals surface area (Å²) in [4.78, 5) is 4.55. The molecule has 0 fully saturated rings. The number of nitrogens with zero attached hydrogens (tertiary/aromatic N) is 1. The summed E-state index contributed by atoms with van der Waals surface area (Å²) in [5, 5.41) is 0. The molecular weight excluding hydrogens is 249 g/mol. The van der Waals surface area contributed by atoms with Gasteiger partial charge in [0.2, 0.25) is 0 Å². The number of hydrogen-bond acceptors (Lipinski definition) is 1. The molecule has 0 aromatic heterocycles. The van der Waals surface area contributed by atoms with Crippen LogP contribution in [0.4, 0.5) is 4.39 Å². The highest BCUT2D eigenvalue weighted by molar-refractivity contribution is 5.64. The molecule has 2 heteroatoms. The van der Waals surface area contributed by atoms with Crippen LogP contribution in [0.3, 0.4) is 0 Å². The summed E-state index contributed by atoms with van der Waals surface area (Å²) < 4.78 is 13.1. The van der Waals surface area contributed by atoms with E-state index in [4.69, 9.17) is 0 Å². The van der Waals surface area contributed by atoms with E-state index in [0.29, 0.717) is 18.3 Å². The molecule has 110 valence electrons. The average molecular weight is 275 g/mol. The normalized spacial score (nSPS) is 23.2. The topological polar surface area (TPSA) is 12.4 Å². The molecule has 0 saturated heterocycles. The number of alkyl halides is 1. The summed E-state index contributed by atoms with van der Waals surface area (Å²) in [6, 6.07) is 0. The van der Waals surface area contributed by atoms with E-state index in [-0.39, 0.29) is 0 Å². The van der Waals surface area contributed by atoms with Crippen LogP contribution in [0.15, 0.2) is 40.6 Å². The molecule has 0 heterocycles. The van der Waals surface area contributed by atoms with Gasteiger partial charge in [-0.15, -0.1) is 0 Å². The Morgan fingerprint density at radius 3 is 3.00 bits per heavy atom. The molecule has 2 unspecified atom stereocenters. The van der Waals surface area contributed by atoms with Gasteiger partial charge in [-0.2, -0.15) is 0 Å². The van der Waals surface area contributed by atoms with E-state index >= 15 is 0 Å². The van der Waals surface area contributed by atoms with Gasteiger partial charge in [0.1, 0.15) is 0 Å². The maximum Gasteiger partial charge on any atom is 0.0999 e. The molecule has 0 N–H and O–H groups in total. The summed E-state index contributed by atoms with van der Waals surface area (Å²) >= 11 is 0. The fourth-order valence-electron chi connectivity index (χ4n) is 2.58. The van der Waals surface area contributed by atoms with E-state index < -0.39 is 6.17 Å². The van der Waals surface area contributed by atoms with Gasteiger partial charge in [0.15, 0.2) is 0 Å². The molecular formula is C18H26FN. The number of unbranched alkanes of at least 4 members (excludes halogenated alkanes) is 1. The molecule has 20 heavy (non-hydrogen) atoms. The van der Waals surface area contributed by atoms with Crippen LogP contribution in [0.1, 0.15) is 52.4 Å². The van der Waals surface area contributed by atoms with Crippen LogP contribution in [0.2, 0.25) is 0 Å². The van der Waals surface area contributed by atoms with Crippen LogP contribution < -0.4 is 0 Å². The SMILES string of the molecule is CC[C@@H](F)CCC(C)CCCC=NC1=CC=CC2C=C12. The van der Waals surface area contributed by atoms with Crippen LogP contribution in [-0.4, -0.2) is 12.4 Å². The van der Waals surface area contributed by atoms with Crippen molar-refractivity contribution < 1.29 is 4.39 Å². The Morgan fingerprint density at radius 1 is 1.35 bits per heavy atom. The van der Waals surface area contributed by atoms with Gasteiger partial charge < -0.3 is 0 Å². The summed E-state index contributed by atoms with van der Waals surface area (Å²) in [5.41, 5.74) is 2.51. The molecule has 0 aromatic rings. The highest BCUT2D eigenvalue weighted by Crippen LogP contribution is 2.39. The Labute approximate surface area is 122 Å². The molecule has 1 nitrogen and oxygen atoms in total. The highest BCUT2D eigenvalue weighted by Gasteiger charge is 2.26. The minimum atomic E-state index is -0.606. The monoisotopic (exact) mass is 275 g/mol. The molecule has 2 rings (SSSR count). The van der Waals surface area contributed by atoms with Gasteiger partial charge in [-0.05, 0) is 49.7 Å². The zero-order valence-corrected chi connectivity index (χ0v) is 12.7. The first-order valence-corrected chi connectivity index (χ1v) is 7.98. The lowest BCUT2D eigenvalue weighted by Crippen LogP contribution is -2.02. The maximum absolute atomic E-state index is 13.1. The number of rotatable bonds is 9. The van der Waals surface area contributed by atoms with Gasteiger partial charge in [-0.3, -0.25) is 4.99 Å². The van der Waals surface area contributed by atoms with Crippen molar-refractivity contribution in [3.05, 3.63) is 35.6 Å². The van der Waals surface area contributed by atoms with Crippen LogP contribution in [0, 0.1) is 11.8 Å². The van der Waals surface area contributed by atoms with Gasteiger partial charge in [0.25, 0.3) is 0 Å². The largest absolute Gasteiger partial charge is 0.261 e. The summed E-state index contributed by atoms with van der Waals surface area (Å²) in [5.74, 6) is 1.19. The second-order valence-corrected chi connectivity index (χ2v) is 6.02. The van der Waals surface area contributed by atoms with Gasteiger partial charge >= 0.3 is 0 Å². The van der Waals surface area contributed by atoms with Crippen molar-refractivity contribution in [3.63, 3.8) is 0 Å². The van der Waals surface area contributed by atoms with Crippen molar-refractivity contribution in [2.24, 2.45) is 16.8 Å². The van der Waals surface area contributed by atoms with E-state index in [1.807, 2.05) is 13.1 Å². The van der Waals surface area contributed by atoms with Gasteiger partial charge in [-0.25, -0.2) is 4.39 Å². The fraction of sp³-hybridized carbons (Fsp3) is 0.611. The molecule has 0 bridgehead atoms. The third-order valence-electron chi connectivity index (χ3n) is 4.15.